The number of aryl methyl sites for hydroxylation is 2. The van der Waals surface area contributed by atoms with Gasteiger partial charge in [0.15, 0.2) is 11.4 Å². The van der Waals surface area contributed by atoms with Gasteiger partial charge in [0.2, 0.25) is 0 Å². The van der Waals surface area contributed by atoms with Gasteiger partial charge in [-0.3, -0.25) is 4.79 Å². The fourth-order valence-electron chi connectivity index (χ4n) is 3.54. The van der Waals surface area contributed by atoms with Crippen LogP contribution in [0.4, 0.5) is 5.82 Å². The Morgan fingerprint density at radius 2 is 1.70 bits per heavy atom. The first-order valence-corrected chi connectivity index (χ1v) is 9.69. The monoisotopic (exact) mass is 364 g/mol. The van der Waals surface area contributed by atoms with Gasteiger partial charge in [0.25, 0.3) is 0 Å². The lowest BCUT2D eigenvalue weighted by Gasteiger charge is -2.24. The van der Waals surface area contributed by atoms with Gasteiger partial charge in [-0.25, -0.2) is 4.98 Å². The van der Waals surface area contributed by atoms with E-state index in [0.29, 0.717) is 0 Å². The third-order valence-electron chi connectivity index (χ3n) is 4.76. The summed E-state index contributed by atoms with van der Waals surface area (Å²) in [5.74, 6) is 1.17. The molecular formula is C22H28N4O. The quantitative estimate of drug-likeness (QED) is 0.563. The summed E-state index contributed by atoms with van der Waals surface area (Å²) in [5.41, 5.74) is 5.58. The van der Waals surface area contributed by atoms with Gasteiger partial charge in [-0.2, -0.15) is 9.61 Å². The largest absolute Gasteiger partial charge is 0.356 e. The summed E-state index contributed by atoms with van der Waals surface area (Å²) in [7, 11) is 0. The van der Waals surface area contributed by atoms with Crippen molar-refractivity contribution in [2.45, 2.75) is 47.5 Å². The molecule has 0 bridgehead atoms. The van der Waals surface area contributed by atoms with E-state index in [1.54, 1.807) is 6.92 Å². The van der Waals surface area contributed by atoms with Crippen molar-refractivity contribution in [3.8, 4) is 11.1 Å². The smallest absolute Gasteiger partial charge is 0.165 e. The first-order chi connectivity index (χ1) is 13.0. The van der Waals surface area contributed by atoms with Crippen molar-refractivity contribution in [1.82, 2.24) is 14.6 Å². The number of aromatic nitrogens is 3. The maximum atomic E-state index is 11.6. The normalized spacial score (nSPS) is 11.1. The second kappa shape index (κ2) is 7.91. The predicted molar refractivity (Wildman–Crippen MR) is 111 cm³/mol. The van der Waals surface area contributed by atoms with Crippen molar-refractivity contribution in [2.24, 2.45) is 0 Å². The number of fused-ring (bicyclic) bond motifs is 1. The highest BCUT2D eigenvalue weighted by Crippen LogP contribution is 2.30. The molecule has 0 aliphatic rings. The van der Waals surface area contributed by atoms with Gasteiger partial charge in [-0.15, -0.1) is 0 Å². The minimum absolute atomic E-state index is 0.0733. The van der Waals surface area contributed by atoms with Gasteiger partial charge in [0.05, 0.1) is 5.69 Å². The molecular weight excluding hydrogens is 336 g/mol. The van der Waals surface area contributed by atoms with Crippen LogP contribution in [-0.4, -0.2) is 33.5 Å². The molecule has 2 heterocycles. The van der Waals surface area contributed by atoms with Crippen LogP contribution in [0.15, 0.2) is 30.3 Å². The molecule has 1 aromatic carbocycles. The van der Waals surface area contributed by atoms with E-state index in [9.17, 15) is 4.79 Å². The SMILES string of the molecule is CCCN(CCC)c1cc(C)nc2c(-c3ccc(C(C)=O)cc3)c(C)nn12. The molecule has 0 fully saturated rings. The van der Waals surface area contributed by atoms with E-state index in [2.05, 4.69) is 24.8 Å². The second-order valence-corrected chi connectivity index (χ2v) is 7.07. The molecule has 0 saturated carbocycles. The molecule has 27 heavy (non-hydrogen) atoms. The zero-order chi connectivity index (χ0) is 19.6. The number of hydrogen-bond acceptors (Lipinski definition) is 4. The number of carbonyl (C=O) groups is 1. The van der Waals surface area contributed by atoms with Crippen molar-refractivity contribution in [2.75, 3.05) is 18.0 Å². The van der Waals surface area contributed by atoms with E-state index in [-0.39, 0.29) is 5.78 Å². The van der Waals surface area contributed by atoms with Crippen LogP contribution in [0.3, 0.4) is 0 Å². The molecule has 5 nitrogen and oxygen atoms in total. The number of ketones is 1. The molecule has 0 aliphatic heterocycles. The maximum Gasteiger partial charge on any atom is 0.165 e. The Hall–Kier alpha value is -2.69. The summed E-state index contributed by atoms with van der Waals surface area (Å²) in [5, 5.41) is 4.82. The molecule has 142 valence electrons. The Morgan fingerprint density at radius 3 is 2.26 bits per heavy atom. The molecule has 0 spiro atoms. The van der Waals surface area contributed by atoms with Gasteiger partial charge in [0, 0.05) is 36.0 Å². The van der Waals surface area contributed by atoms with Crippen molar-refractivity contribution in [3.05, 3.63) is 47.3 Å². The topological polar surface area (TPSA) is 50.5 Å². The minimum Gasteiger partial charge on any atom is -0.356 e. The summed E-state index contributed by atoms with van der Waals surface area (Å²) in [4.78, 5) is 18.8. The van der Waals surface area contributed by atoms with E-state index in [0.717, 1.165) is 65.5 Å². The Balaban J connectivity index is 2.18. The Kier molecular flexibility index (Phi) is 5.59. The molecule has 3 aromatic rings. The third-order valence-corrected chi connectivity index (χ3v) is 4.76. The van der Waals surface area contributed by atoms with Crippen LogP contribution >= 0.6 is 0 Å². The Morgan fingerprint density at radius 1 is 1.07 bits per heavy atom. The molecule has 0 atom stereocenters. The summed E-state index contributed by atoms with van der Waals surface area (Å²) in [6.07, 6.45) is 2.17. The van der Waals surface area contributed by atoms with Crippen molar-refractivity contribution < 1.29 is 4.79 Å². The third kappa shape index (κ3) is 3.72. The molecule has 0 N–H and O–H groups in total. The number of Topliss-reactive ketones (excluding diaryl/α,β-unsaturated/α-hetero) is 1. The van der Waals surface area contributed by atoms with Crippen LogP contribution in [0.5, 0.6) is 0 Å². The van der Waals surface area contributed by atoms with Crippen LogP contribution in [0, 0.1) is 13.8 Å². The number of carbonyl (C=O) groups excluding carboxylic acids is 1. The predicted octanol–water partition coefficient (Wildman–Crippen LogP) is 4.84. The first-order valence-electron chi connectivity index (χ1n) is 9.69. The highest BCUT2D eigenvalue weighted by Gasteiger charge is 2.18. The van der Waals surface area contributed by atoms with E-state index in [4.69, 9.17) is 10.1 Å². The number of hydrogen-bond donors (Lipinski definition) is 0. The Bertz CT molecular complexity index is 951. The molecule has 0 saturated heterocycles. The Labute approximate surface area is 161 Å². The number of anilines is 1. The lowest BCUT2D eigenvalue weighted by atomic mass is 10.0. The summed E-state index contributed by atoms with van der Waals surface area (Å²) in [6, 6.07) is 9.84. The van der Waals surface area contributed by atoms with Crippen LogP contribution in [0.1, 0.15) is 55.4 Å². The average Bonchev–Trinajstić information content (AvgIpc) is 2.96. The fraction of sp³-hybridized carbons (Fsp3) is 0.409. The lowest BCUT2D eigenvalue weighted by molar-refractivity contribution is 0.101. The van der Waals surface area contributed by atoms with Gasteiger partial charge in [-0.1, -0.05) is 38.1 Å². The standard InChI is InChI=1S/C22H28N4O/c1-6-12-25(13-7-2)20-14-15(3)23-22-21(16(4)24-26(20)22)19-10-8-18(9-11-19)17(5)27/h8-11,14H,6-7,12-13H2,1-5H3. The summed E-state index contributed by atoms with van der Waals surface area (Å²) >= 11 is 0. The van der Waals surface area contributed by atoms with E-state index in [1.807, 2.05) is 42.6 Å². The van der Waals surface area contributed by atoms with Crippen LogP contribution in [0.2, 0.25) is 0 Å². The second-order valence-electron chi connectivity index (χ2n) is 7.07. The number of rotatable bonds is 7. The van der Waals surface area contributed by atoms with E-state index >= 15 is 0 Å². The average molecular weight is 364 g/mol. The molecule has 0 radical (unpaired) electrons. The van der Waals surface area contributed by atoms with Gasteiger partial charge < -0.3 is 4.90 Å². The molecule has 3 rings (SSSR count). The molecule has 0 amide bonds. The highest BCUT2D eigenvalue weighted by atomic mass is 16.1. The first kappa shape index (κ1) is 19.1. The van der Waals surface area contributed by atoms with Crippen LogP contribution in [0.25, 0.3) is 16.8 Å². The summed E-state index contributed by atoms with van der Waals surface area (Å²) in [6.45, 7) is 12.0. The van der Waals surface area contributed by atoms with Crippen molar-refractivity contribution in [1.29, 1.82) is 0 Å². The number of benzene rings is 1. The zero-order valence-corrected chi connectivity index (χ0v) is 16.9. The van der Waals surface area contributed by atoms with Crippen LogP contribution < -0.4 is 4.90 Å². The zero-order valence-electron chi connectivity index (χ0n) is 16.9. The lowest BCUT2D eigenvalue weighted by Crippen LogP contribution is -2.27. The van der Waals surface area contributed by atoms with Gasteiger partial charge in [-0.05, 0) is 39.2 Å². The van der Waals surface area contributed by atoms with Gasteiger partial charge in [0.1, 0.15) is 5.82 Å². The van der Waals surface area contributed by atoms with Crippen LogP contribution in [-0.2, 0) is 0 Å². The van der Waals surface area contributed by atoms with E-state index in [1.165, 1.54) is 0 Å². The van der Waals surface area contributed by atoms with Crippen molar-refractivity contribution >= 4 is 17.2 Å². The van der Waals surface area contributed by atoms with Crippen molar-refractivity contribution in [3.63, 3.8) is 0 Å². The fourth-order valence-corrected chi connectivity index (χ4v) is 3.54. The highest BCUT2D eigenvalue weighted by molar-refractivity contribution is 5.95. The molecule has 0 aliphatic carbocycles. The maximum absolute atomic E-state index is 11.6. The number of nitrogens with zero attached hydrogens (tertiary/aromatic N) is 4. The summed E-state index contributed by atoms with van der Waals surface area (Å²) < 4.78 is 1.97. The van der Waals surface area contributed by atoms with E-state index < -0.39 is 0 Å². The molecule has 0 unspecified atom stereocenters. The molecule has 2 aromatic heterocycles. The molecule has 5 heteroatoms. The van der Waals surface area contributed by atoms with Gasteiger partial charge >= 0.3 is 0 Å². The minimum atomic E-state index is 0.0733.